The molecule has 0 radical (unpaired) electrons. The van der Waals surface area contributed by atoms with Gasteiger partial charge in [-0.05, 0) is 67.4 Å². The van der Waals surface area contributed by atoms with E-state index in [-0.39, 0.29) is 11.8 Å². The van der Waals surface area contributed by atoms with Crippen molar-refractivity contribution >= 4 is 22.6 Å². The lowest BCUT2D eigenvalue weighted by atomic mass is 10.1. The lowest BCUT2D eigenvalue weighted by Gasteiger charge is -2.18. The molecular weight excluding hydrogens is 426 g/mol. The van der Waals surface area contributed by atoms with E-state index in [9.17, 15) is 4.79 Å². The number of imidazole rings is 1. The van der Waals surface area contributed by atoms with Crippen LogP contribution in [-0.4, -0.2) is 35.7 Å². The quantitative estimate of drug-likeness (QED) is 0.381. The van der Waals surface area contributed by atoms with Crippen LogP contribution in [-0.2, 0) is 11.3 Å². The third-order valence-corrected chi connectivity index (χ3v) is 6.69. The number of methoxy groups -OCH3 is 1. The number of ether oxygens (including phenoxy) is 2. The average Bonchev–Trinajstić information content (AvgIpc) is 3.42. The van der Waals surface area contributed by atoms with Gasteiger partial charge < -0.3 is 18.9 Å². The lowest BCUT2D eigenvalue weighted by molar-refractivity contribution is -0.117. The Morgan fingerprint density at radius 2 is 1.79 bits per heavy atom. The minimum Gasteiger partial charge on any atom is -0.497 e. The molecular formula is C28H29N3O3. The fourth-order valence-corrected chi connectivity index (χ4v) is 4.66. The number of fused-ring (bicyclic) bond motifs is 1. The normalized spacial score (nSPS) is 15.8. The Labute approximate surface area is 199 Å². The van der Waals surface area contributed by atoms with Crippen molar-refractivity contribution < 1.29 is 14.3 Å². The van der Waals surface area contributed by atoms with Gasteiger partial charge in [0.1, 0.15) is 23.9 Å². The lowest BCUT2D eigenvalue weighted by Crippen LogP contribution is -2.24. The fourth-order valence-electron chi connectivity index (χ4n) is 4.66. The molecule has 1 amide bonds. The topological polar surface area (TPSA) is 56.6 Å². The molecule has 174 valence electrons. The second-order valence-electron chi connectivity index (χ2n) is 8.76. The summed E-state index contributed by atoms with van der Waals surface area (Å²) in [7, 11) is 1.64. The van der Waals surface area contributed by atoms with E-state index in [1.165, 1.54) is 5.56 Å². The van der Waals surface area contributed by atoms with Gasteiger partial charge in [-0.15, -0.1) is 0 Å². The second-order valence-corrected chi connectivity index (χ2v) is 8.76. The molecule has 0 unspecified atom stereocenters. The molecule has 5 rings (SSSR count). The number of hydrogen-bond acceptors (Lipinski definition) is 4. The van der Waals surface area contributed by atoms with Crippen molar-refractivity contribution in [2.24, 2.45) is 0 Å². The van der Waals surface area contributed by atoms with Crippen molar-refractivity contribution in [3.63, 3.8) is 0 Å². The molecule has 6 heteroatoms. The van der Waals surface area contributed by atoms with Crippen molar-refractivity contribution in [1.29, 1.82) is 0 Å². The maximum absolute atomic E-state index is 12.9. The van der Waals surface area contributed by atoms with E-state index < -0.39 is 0 Å². The van der Waals surface area contributed by atoms with E-state index >= 15 is 0 Å². The van der Waals surface area contributed by atoms with E-state index in [2.05, 4.69) is 30.5 Å². The Kier molecular flexibility index (Phi) is 5.97. The van der Waals surface area contributed by atoms with Crippen LogP contribution in [0.15, 0.2) is 66.7 Å². The van der Waals surface area contributed by atoms with Crippen LogP contribution in [0.1, 0.15) is 29.3 Å². The number of amides is 1. The molecule has 4 aromatic rings. The van der Waals surface area contributed by atoms with Gasteiger partial charge in [-0.3, -0.25) is 4.79 Å². The molecule has 1 aliphatic rings. The third kappa shape index (κ3) is 4.12. The van der Waals surface area contributed by atoms with Gasteiger partial charge in [-0.2, -0.15) is 0 Å². The molecule has 1 saturated heterocycles. The summed E-state index contributed by atoms with van der Waals surface area (Å²) in [6, 6.07) is 21.9. The highest BCUT2D eigenvalue weighted by atomic mass is 16.5. The second kappa shape index (κ2) is 9.21. The van der Waals surface area contributed by atoms with Crippen LogP contribution in [0.2, 0.25) is 0 Å². The van der Waals surface area contributed by atoms with Gasteiger partial charge in [0.05, 0.1) is 24.7 Å². The van der Waals surface area contributed by atoms with E-state index in [4.69, 9.17) is 14.5 Å². The molecule has 1 fully saturated rings. The van der Waals surface area contributed by atoms with Gasteiger partial charge in [0, 0.05) is 24.6 Å². The maximum atomic E-state index is 12.9. The van der Waals surface area contributed by atoms with Crippen molar-refractivity contribution in [3.05, 3.63) is 83.7 Å². The van der Waals surface area contributed by atoms with Crippen molar-refractivity contribution in [2.75, 3.05) is 25.2 Å². The highest BCUT2D eigenvalue weighted by molar-refractivity contribution is 5.96. The molecule has 1 aliphatic heterocycles. The average molecular weight is 456 g/mol. The molecule has 0 aliphatic carbocycles. The zero-order chi connectivity index (χ0) is 23.7. The standard InChI is InChI=1S/C28H29N3O3/c1-19-7-6-10-26(20(19)2)34-16-15-30-25-9-5-4-8-24(25)29-28(30)21-17-27(32)31(18-21)22-11-13-23(33-3)14-12-22/h4-14,21H,15-18H2,1-3H3/t21-/m0/s1. The molecule has 1 atom stereocenters. The molecule has 0 bridgehead atoms. The summed E-state index contributed by atoms with van der Waals surface area (Å²) in [6.07, 6.45) is 0.438. The molecule has 2 heterocycles. The first-order chi connectivity index (χ1) is 16.5. The van der Waals surface area contributed by atoms with Gasteiger partial charge in [0.25, 0.3) is 0 Å². The van der Waals surface area contributed by atoms with Gasteiger partial charge in [0.15, 0.2) is 0 Å². The summed E-state index contributed by atoms with van der Waals surface area (Å²) < 4.78 is 13.6. The number of aryl methyl sites for hydroxylation is 1. The van der Waals surface area contributed by atoms with Crippen molar-refractivity contribution in [2.45, 2.75) is 32.7 Å². The van der Waals surface area contributed by atoms with Crippen LogP contribution in [0.3, 0.4) is 0 Å². The monoisotopic (exact) mass is 455 g/mol. The van der Waals surface area contributed by atoms with Gasteiger partial charge >= 0.3 is 0 Å². The maximum Gasteiger partial charge on any atom is 0.227 e. The van der Waals surface area contributed by atoms with Gasteiger partial charge in [-0.25, -0.2) is 4.98 Å². The number of carbonyl (C=O) groups excluding carboxylic acids is 1. The Hall–Kier alpha value is -3.80. The molecule has 0 N–H and O–H groups in total. The predicted molar refractivity (Wildman–Crippen MR) is 134 cm³/mol. The Bertz CT molecular complexity index is 1330. The predicted octanol–water partition coefficient (Wildman–Crippen LogP) is 5.26. The van der Waals surface area contributed by atoms with Crippen LogP contribution >= 0.6 is 0 Å². The number of hydrogen-bond donors (Lipinski definition) is 0. The fraction of sp³-hybridized carbons (Fsp3) is 0.286. The van der Waals surface area contributed by atoms with E-state index in [0.717, 1.165) is 39.6 Å². The SMILES string of the molecule is COc1ccc(N2C[C@@H](c3nc4ccccc4n3CCOc3cccc(C)c3C)CC2=O)cc1. The molecule has 34 heavy (non-hydrogen) atoms. The summed E-state index contributed by atoms with van der Waals surface area (Å²) in [6.45, 7) is 5.97. The number of carbonyl (C=O) groups is 1. The van der Waals surface area contributed by atoms with Gasteiger partial charge in [-0.1, -0.05) is 24.3 Å². The zero-order valence-electron chi connectivity index (χ0n) is 19.8. The summed E-state index contributed by atoms with van der Waals surface area (Å²) in [5.74, 6) is 2.75. The van der Waals surface area contributed by atoms with Crippen LogP contribution in [0.25, 0.3) is 11.0 Å². The first kappa shape index (κ1) is 22.0. The highest BCUT2D eigenvalue weighted by Gasteiger charge is 2.34. The smallest absolute Gasteiger partial charge is 0.227 e. The molecule has 6 nitrogen and oxygen atoms in total. The molecule has 0 spiro atoms. The minimum absolute atomic E-state index is 0.0164. The highest BCUT2D eigenvalue weighted by Crippen LogP contribution is 2.34. The minimum atomic E-state index is 0.0164. The Morgan fingerprint density at radius 3 is 2.59 bits per heavy atom. The number of nitrogens with zero attached hydrogens (tertiary/aromatic N) is 3. The Morgan fingerprint density at radius 1 is 1.00 bits per heavy atom. The number of anilines is 1. The van der Waals surface area contributed by atoms with Crippen LogP contribution in [0, 0.1) is 13.8 Å². The number of benzene rings is 3. The van der Waals surface area contributed by atoms with Crippen LogP contribution in [0.4, 0.5) is 5.69 Å². The summed E-state index contributed by atoms with van der Waals surface area (Å²) in [5, 5.41) is 0. The largest absolute Gasteiger partial charge is 0.497 e. The number of aromatic nitrogens is 2. The summed E-state index contributed by atoms with van der Waals surface area (Å²) in [4.78, 5) is 19.7. The van der Waals surface area contributed by atoms with Crippen LogP contribution in [0.5, 0.6) is 11.5 Å². The summed E-state index contributed by atoms with van der Waals surface area (Å²) >= 11 is 0. The van der Waals surface area contributed by atoms with Crippen molar-refractivity contribution in [1.82, 2.24) is 9.55 Å². The zero-order valence-corrected chi connectivity index (χ0v) is 19.8. The van der Waals surface area contributed by atoms with Crippen LogP contribution < -0.4 is 14.4 Å². The van der Waals surface area contributed by atoms with E-state index in [1.54, 1.807) is 7.11 Å². The first-order valence-corrected chi connectivity index (χ1v) is 11.6. The van der Waals surface area contributed by atoms with E-state index in [0.29, 0.717) is 26.1 Å². The first-order valence-electron chi connectivity index (χ1n) is 11.6. The van der Waals surface area contributed by atoms with E-state index in [1.807, 2.05) is 59.5 Å². The molecule has 3 aromatic carbocycles. The number of para-hydroxylation sites is 2. The third-order valence-electron chi connectivity index (χ3n) is 6.69. The van der Waals surface area contributed by atoms with Crippen molar-refractivity contribution in [3.8, 4) is 11.5 Å². The molecule has 1 aromatic heterocycles. The Balaban J connectivity index is 1.39. The molecule has 0 saturated carbocycles. The van der Waals surface area contributed by atoms with Gasteiger partial charge in [0.2, 0.25) is 5.91 Å². The number of rotatable bonds is 7. The summed E-state index contributed by atoms with van der Waals surface area (Å²) in [5.41, 5.74) is 5.27.